The lowest BCUT2D eigenvalue weighted by Gasteiger charge is -2.09. The highest BCUT2D eigenvalue weighted by Crippen LogP contribution is 2.16. The molecule has 1 aromatic heterocycles. The molecular formula is C11H14ClN3O3. The molecule has 2 rings (SSSR count). The average molecular weight is 272 g/mol. The molecule has 0 saturated heterocycles. The second-order valence-electron chi connectivity index (χ2n) is 3.73. The molecule has 7 heteroatoms. The number of aromatic nitrogens is 1. The van der Waals surface area contributed by atoms with Crippen LogP contribution in [-0.2, 0) is 4.79 Å². The molecule has 0 bridgehead atoms. The number of H-pyrrole nitrogens is 1. The maximum absolute atomic E-state index is 11.6. The number of fused-ring (bicyclic) bond motifs is 1. The molecule has 0 fully saturated rings. The van der Waals surface area contributed by atoms with Crippen molar-refractivity contribution in [3.63, 3.8) is 0 Å². The van der Waals surface area contributed by atoms with E-state index in [0.717, 1.165) is 0 Å². The molecule has 0 unspecified atom stereocenters. The maximum Gasteiger partial charge on any atom is 0.417 e. The van der Waals surface area contributed by atoms with Crippen molar-refractivity contribution < 1.29 is 9.21 Å². The molecule has 0 spiro atoms. The number of benzene rings is 1. The minimum Gasteiger partial charge on any atom is -0.408 e. The Morgan fingerprint density at radius 1 is 1.56 bits per heavy atom. The summed E-state index contributed by atoms with van der Waals surface area (Å²) < 4.78 is 4.85. The number of carbonyl (C=O) groups excluding carboxylic acids is 1. The predicted octanol–water partition coefficient (Wildman–Crippen LogP) is 1.22. The first-order valence-corrected chi connectivity index (χ1v) is 5.29. The van der Waals surface area contributed by atoms with Gasteiger partial charge in [-0.2, -0.15) is 0 Å². The van der Waals surface area contributed by atoms with Gasteiger partial charge in [-0.1, -0.05) is 6.92 Å². The summed E-state index contributed by atoms with van der Waals surface area (Å²) in [5.74, 6) is -0.772. The number of oxazole rings is 1. The highest BCUT2D eigenvalue weighted by atomic mass is 35.5. The lowest BCUT2D eigenvalue weighted by Crippen LogP contribution is -2.34. The summed E-state index contributed by atoms with van der Waals surface area (Å²) in [4.78, 5) is 25.0. The Labute approximate surface area is 109 Å². The molecule has 6 nitrogen and oxygen atoms in total. The van der Waals surface area contributed by atoms with Crippen LogP contribution in [0.4, 0.5) is 5.69 Å². The van der Waals surface area contributed by atoms with Gasteiger partial charge < -0.3 is 15.5 Å². The fourth-order valence-electron chi connectivity index (χ4n) is 1.45. The van der Waals surface area contributed by atoms with E-state index in [-0.39, 0.29) is 18.3 Å². The van der Waals surface area contributed by atoms with Crippen LogP contribution in [0.1, 0.15) is 13.3 Å². The molecule has 2 aromatic rings. The van der Waals surface area contributed by atoms with Crippen molar-refractivity contribution in [2.24, 2.45) is 5.73 Å². The largest absolute Gasteiger partial charge is 0.417 e. The Bertz CT molecular complexity index is 605. The average Bonchev–Trinajstić information content (AvgIpc) is 2.67. The minimum absolute atomic E-state index is 0. The Kier molecular flexibility index (Phi) is 4.52. The molecule has 1 aromatic carbocycles. The summed E-state index contributed by atoms with van der Waals surface area (Å²) in [5, 5.41) is 2.67. The molecular weight excluding hydrogens is 258 g/mol. The van der Waals surface area contributed by atoms with Gasteiger partial charge in [0.15, 0.2) is 5.58 Å². The predicted molar refractivity (Wildman–Crippen MR) is 71.0 cm³/mol. The smallest absolute Gasteiger partial charge is 0.408 e. The van der Waals surface area contributed by atoms with Crippen molar-refractivity contribution in [2.75, 3.05) is 5.32 Å². The van der Waals surface area contributed by atoms with Crippen molar-refractivity contribution in [3.05, 3.63) is 28.7 Å². The molecule has 98 valence electrons. The topological polar surface area (TPSA) is 101 Å². The zero-order chi connectivity index (χ0) is 12.4. The zero-order valence-corrected chi connectivity index (χ0v) is 10.5. The van der Waals surface area contributed by atoms with E-state index in [2.05, 4.69) is 10.3 Å². The van der Waals surface area contributed by atoms with Crippen LogP contribution < -0.4 is 16.8 Å². The second-order valence-corrected chi connectivity index (χ2v) is 3.73. The monoisotopic (exact) mass is 271 g/mol. The minimum atomic E-state index is -0.533. The molecule has 0 radical (unpaired) electrons. The van der Waals surface area contributed by atoms with Gasteiger partial charge in [0.25, 0.3) is 0 Å². The van der Waals surface area contributed by atoms with Crippen LogP contribution in [0.15, 0.2) is 27.4 Å². The standard InChI is InChI=1S/C11H13N3O3.ClH/c1-2-7(12)10(15)13-6-3-4-9-8(5-6)14-11(16)17-9;/h3-5,7H,2,12H2,1H3,(H,13,15)(H,14,16);1H/t7-;/m0./s1. The van der Waals surface area contributed by atoms with E-state index in [0.29, 0.717) is 23.2 Å². The van der Waals surface area contributed by atoms with E-state index < -0.39 is 11.8 Å². The number of nitrogens with two attached hydrogens (primary N) is 1. The van der Waals surface area contributed by atoms with Crippen LogP contribution in [0.5, 0.6) is 0 Å². The number of carbonyl (C=O) groups is 1. The Morgan fingerprint density at radius 2 is 2.28 bits per heavy atom. The van der Waals surface area contributed by atoms with Gasteiger partial charge in [-0.05, 0) is 24.6 Å². The number of amides is 1. The molecule has 0 aliphatic rings. The van der Waals surface area contributed by atoms with E-state index in [9.17, 15) is 9.59 Å². The summed E-state index contributed by atoms with van der Waals surface area (Å²) in [5.41, 5.74) is 7.16. The highest BCUT2D eigenvalue weighted by Gasteiger charge is 2.11. The fourth-order valence-corrected chi connectivity index (χ4v) is 1.45. The van der Waals surface area contributed by atoms with Crippen molar-refractivity contribution in [1.29, 1.82) is 0 Å². The molecule has 18 heavy (non-hydrogen) atoms. The molecule has 1 atom stereocenters. The van der Waals surface area contributed by atoms with Crippen LogP contribution in [0, 0.1) is 0 Å². The number of halogens is 1. The third-order valence-electron chi connectivity index (χ3n) is 2.46. The third kappa shape index (κ3) is 2.91. The first-order valence-electron chi connectivity index (χ1n) is 5.29. The molecule has 0 saturated carbocycles. The Hall–Kier alpha value is -1.79. The van der Waals surface area contributed by atoms with Gasteiger partial charge in [0.1, 0.15) is 0 Å². The van der Waals surface area contributed by atoms with E-state index in [1.807, 2.05) is 6.92 Å². The molecule has 1 amide bonds. The summed E-state index contributed by atoms with van der Waals surface area (Å²) in [6, 6.07) is 4.36. The number of nitrogens with one attached hydrogen (secondary N) is 2. The number of rotatable bonds is 3. The fraction of sp³-hybridized carbons (Fsp3) is 0.273. The number of anilines is 1. The van der Waals surface area contributed by atoms with E-state index >= 15 is 0 Å². The van der Waals surface area contributed by atoms with Crippen LogP contribution in [0.2, 0.25) is 0 Å². The van der Waals surface area contributed by atoms with Gasteiger partial charge in [0.2, 0.25) is 5.91 Å². The normalized spacial score (nSPS) is 11.9. The molecule has 0 aliphatic carbocycles. The van der Waals surface area contributed by atoms with Crippen LogP contribution >= 0.6 is 12.4 Å². The van der Waals surface area contributed by atoms with E-state index in [4.69, 9.17) is 10.2 Å². The molecule has 0 aliphatic heterocycles. The SMILES string of the molecule is CC[C@H](N)C(=O)Nc1ccc2oc(=O)[nH]c2c1.Cl. The first kappa shape index (κ1) is 14.3. The zero-order valence-electron chi connectivity index (χ0n) is 9.73. The van der Waals surface area contributed by atoms with Gasteiger partial charge in [-0.25, -0.2) is 4.79 Å². The number of hydrogen-bond acceptors (Lipinski definition) is 4. The van der Waals surface area contributed by atoms with Crippen molar-refractivity contribution in [3.8, 4) is 0 Å². The summed E-state index contributed by atoms with van der Waals surface area (Å²) in [6.07, 6.45) is 0.566. The van der Waals surface area contributed by atoms with Crippen molar-refractivity contribution in [2.45, 2.75) is 19.4 Å². The van der Waals surface area contributed by atoms with E-state index in [1.165, 1.54) is 0 Å². The lowest BCUT2D eigenvalue weighted by molar-refractivity contribution is -0.117. The highest BCUT2D eigenvalue weighted by molar-refractivity contribution is 5.96. The second kappa shape index (κ2) is 5.70. The van der Waals surface area contributed by atoms with Gasteiger partial charge in [-0.3, -0.25) is 9.78 Å². The quantitative estimate of drug-likeness (QED) is 0.781. The van der Waals surface area contributed by atoms with Crippen LogP contribution in [-0.4, -0.2) is 16.9 Å². The van der Waals surface area contributed by atoms with Crippen LogP contribution in [0.25, 0.3) is 11.1 Å². The molecule has 1 heterocycles. The summed E-state index contributed by atoms with van der Waals surface area (Å²) in [7, 11) is 0. The first-order chi connectivity index (χ1) is 8.10. The van der Waals surface area contributed by atoms with Crippen molar-refractivity contribution >= 4 is 35.1 Å². The van der Waals surface area contributed by atoms with Gasteiger partial charge in [0.05, 0.1) is 11.6 Å². The van der Waals surface area contributed by atoms with Gasteiger partial charge >= 0.3 is 5.76 Å². The maximum atomic E-state index is 11.6. The van der Waals surface area contributed by atoms with Crippen molar-refractivity contribution in [1.82, 2.24) is 4.98 Å². The third-order valence-corrected chi connectivity index (χ3v) is 2.46. The van der Waals surface area contributed by atoms with Gasteiger partial charge in [-0.15, -0.1) is 12.4 Å². The van der Waals surface area contributed by atoms with Gasteiger partial charge in [0, 0.05) is 5.69 Å². The summed E-state index contributed by atoms with van der Waals surface area (Å²) >= 11 is 0. The number of aromatic amines is 1. The Balaban J connectivity index is 0.00000162. The number of hydrogen-bond donors (Lipinski definition) is 3. The van der Waals surface area contributed by atoms with E-state index in [1.54, 1.807) is 18.2 Å². The molecule has 4 N–H and O–H groups in total. The van der Waals surface area contributed by atoms with Crippen LogP contribution in [0.3, 0.4) is 0 Å². The lowest BCUT2D eigenvalue weighted by atomic mass is 10.2. The summed E-state index contributed by atoms with van der Waals surface area (Å²) in [6.45, 7) is 1.83. The Morgan fingerprint density at radius 3 is 2.94 bits per heavy atom.